The van der Waals surface area contributed by atoms with Crippen LogP contribution in [0.15, 0.2) is 37.0 Å². The highest BCUT2D eigenvalue weighted by Gasteiger charge is 2.59. The Bertz CT molecular complexity index is 1770. The predicted octanol–water partition coefficient (Wildman–Crippen LogP) is 12.1. The smallest absolute Gasteiger partial charge is 0.305 e. The van der Waals surface area contributed by atoms with E-state index in [1.165, 1.54) is 7.11 Å². The zero-order valence-corrected chi connectivity index (χ0v) is 51.3. The molecule has 0 radical (unpaired) electrons. The molecule has 0 aromatic carbocycles. The van der Waals surface area contributed by atoms with Crippen LogP contribution in [-0.2, 0) is 56.0 Å². The van der Waals surface area contributed by atoms with Gasteiger partial charge in [0.15, 0.2) is 30.7 Å². The summed E-state index contributed by atoms with van der Waals surface area (Å²) in [6.45, 7) is 36.3. The van der Waals surface area contributed by atoms with Crippen LogP contribution in [0, 0.1) is 11.8 Å². The number of ether oxygens (including phenoxy) is 8. The Labute approximate surface area is 451 Å². The molecule has 8 unspecified atom stereocenters. The molecule has 6 aliphatic heterocycles. The van der Waals surface area contributed by atoms with E-state index < -0.39 is 42.9 Å². The minimum absolute atomic E-state index is 0.00383. The second-order valence-electron chi connectivity index (χ2n) is 23.3. The number of hydrogen-bond acceptors (Lipinski definition) is 13. The maximum absolute atomic E-state index is 13.1. The van der Waals surface area contributed by atoms with E-state index in [0.717, 1.165) is 97.6 Å². The number of carbonyl (C=O) groups is 1. The van der Waals surface area contributed by atoms with E-state index >= 15 is 0 Å². The number of hydrogen-bond donors (Lipinski definition) is 1. The van der Waals surface area contributed by atoms with Gasteiger partial charge in [0.25, 0.3) is 0 Å². The number of aliphatic hydroxyl groups is 1. The van der Waals surface area contributed by atoms with Crippen molar-refractivity contribution in [3.63, 3.8) is 0 Å². The van der Waals surface area contributed by atoms with Crippen molar-refractivity contribution in [2.24, 2.45) is 11.8 Å². The summed E-state index contributed by atoms with van der Waals surface area (Å²) in [7, 11) is -2.72. The second kappa shape index (κ2) is 27.9. The lowest BCUT2D eigenvalue weighted by Crippen LogP contribution is -2.58. The predicted molar refractivity (Wildman–Crippen MR) is 300 cm³/mol. The van der Waals surface area contributed by atoms with Crippen molar-refractivity contribution in [1.82, 2.24) is 0 Å². The quantitative estimate of drug-likeness (QED) is 0.0401. The summed E-state index contributed by atoms with van der Waals surface area (Å²) in [6.07, 6.45) is 6.13. The first kappa shape index (κ1) is 62.1. The van der Waals surface area contributed by atoms with Crippen LogP contribution in [0.1, 0.15) is 146 Å². The van der Waals surface area contributed by atoms with E-state index in [9.17, 15) is 9.90 Å². The molecule has 0 aliphatic carbocycles. The summed E-state index contributed by atoms with van der Waals surface area (Å²) in [4.78, 5) is 13.1. The van der Waals surface area contributed by atoms with Crippen LogP contribution in [0.4, 0.5) is 0 Å². The fourth-order valence-electron chi connectivity index (χ4n) is 13.8. The zero-order chi connectivity index (χ0) is 54.0. The lowest BCUT2D eigenvalue weighted by molar-refractivity contribution is -0.256. The van der Waals surface area contributed by atoms with Crippen molar-refractivity contribution >= 4 is 30.9 Å². The van der Waals surface area contributed by atoms with Gasteiger partial charge in [0, 0.05) is 45.1 Å². The van der Waals surface area contributed by atoms with Crippen LogP contribution in [0.3, 0.4) is 0 Å². The molecular formula is C58H104O13Si3. The van der Waals surface area contributed by atoms with Gasteiger partial charge in [0.1, 0.15) is 6.10 Å². The third kappa shape index (κ3) is 14.4. The van der Waals surface area contributed by atoms with Crippen molar-refractivity contribution in [2.75, 3.05) is 20.8 Å². The number of fused-ring (bicyclic) bond motifs is 5. The van der Waals surface area contributed by atoms with Gasteiger partial charge in [-0.2, -0.15) is 0 Å². The van der Waals surface area contributed by atoms with Gasteiger partial charge in [-0.25, -0.2) is 0 Å². The van der Waals surface area contributed by atoms with E-state index in [-0.39, 0.29) is 97.5 Å². The topological polar surface area (TPSA) is 139 Å². The van der Waals surface area contributed by atoms with Gasteiger partial charge in [-0.1, -0.05) is 88.5 Å². The first-order valence-electron chi connectivity index (χ1n) is 29.6. The minimum atomic E-state index is -2.01. The lowest BCUT2D eigenvalue weighted by atomic mass is 9.82. The standard InChI is InChI=1S/C58H104O13Si3/c1-16-26-48-57(71-74(23-8,24-9)25-10)53-36-52(66-48)56-46(59)37-58(68-53,69-56)30-29-43-32-40(12)47(64-43)28-27-42-31-39(11)41(13)49(65-42)35-50-45(34-54(60)61-14)55(62-15)51(67-50)33-44(70-73(20-5,21-6)22-7)38-63-72(17-2,18-3)19-4/h16,39,42-53,55-57,59H,1,12-13,17-38H2,2-11,14-15H3/t39-,42?,43?,44?,45?,46?,47?,48?,49-,50+,51-,52-,53-,55-,56+,57?,58-/m1/s1. The monoisotopic (exact) mass is 1090 g/mol. The summed E-state index contributed by atoms with van der Waals surface area (Å²) >= 11 is 0. The summed E-state index contributed by atoms with van der Waals surface area (Å²) in [5.74, 6) is -1.20. The number of carbonyl (C=O) groups excluding carboxylic acids is 1. The molecular weight excluding hydrogens is 989 g/mol. The highest BCUT2D eigenvalue weighted by molar-refractivity contribution is 6.74. The molecule has 6 heterocycles. The van der Waals surface area contributed by atoms with Gasteiger partial charge in [0.2, 0.25) is 0 Å². The van der Waals surface area contributed by atoms with Crippen LogP contribution < -0.4 is 0 Å². The molecule has 0 saturated carbocycles. The van der Waals surface area contributed by atoms with E-state index in [2.05, 4.69) is 89.0 Å². The Hall–Kier alpha value is -1.10. The van der Waals surface area contributed by atoms with E-state index in [1.807, 2.05) is 6.08 Å². The van der Waals surface area contributed by atoms with Crippen LogP contribution in [0.25, 0.3) is 0 Å². The highest BCUT2D eigenvalue weighted by Crippen LogP contribution is 2.49. The molecule has 4 bridgehead atoms. The van der Waals surface area contributed by atoms with Crippen LogP contribution >= 0.6 is 0 Å². The molecule has 6 fully saturated rings. The molecule has 426 valence electrons. The fourth-order valence-corrected chi connectivity index (χ4v) is 22.2. The molecule has 0 aromatic heterocycles. The molecule has 13 nitrogen and oxygen atoms in total. The molecule has 0 aromatic rings. The average molecular weight is 1090 g/mol. The normalized spacial score (nSPS) is 36.0. The van der Waals surface area contributed by atoms with Crippen LogP contribution in [-0.4, -0.2) is 148 Å². The Kier molecular flexibility index (Phi) is 23.4. The van der Waals surface area contributed by atoms with Gasteiger partial charge in [0.05, 0.1) is 99.5 Å². The Morgan fingerprint density at radius 3 is 2.01 bits per heavy atom. The molecule has 6 aliphatic rings. The SMILES string of the molecule is C=CCC1O[C@@H]2C[C@@H](O[C@@]3(CCC4CC(=C)C(CCC5C[C@@H](C)C(=C)[C@@H](C[C@@H]6O[C@H](CC(CO[Si](CC)(CC)CC)O[Si](CC)(CC)CC)[C@H](OC)C6CC(=O)OC)O5)O4)CC(O)[C@@H]2O3)C1O[Si](CC)(CC)CC. The summed E-state index contributed by atoms with van der Waals surface area (Å²) in [6, 6.07) is 9.49. The molecule has 6 saturated heterocycles. The van der Waals surface area contributed by atoms with E-state index in [4.69, 9.17) is 51.2 Å². The van der Waals surface area contributed by atoms with Crippen molar-refractivity contribution in [3.05, 3.63) is 37.0 Å². The van der Waals surface area contributed by atoms with Crippen molar-refractivity contribution in [3.8, 4) is 0 Å². The first-order chi connectivity index (χ1) is 35.4. The number of rotatable bonds is 31. The largest absolute Gasteiger partial charge is 0.469 e. The fraction of sp³-hybridized carbons (Fsp3) is 0.879. The summed E-state index contributed by atoms with van der Waals surface area (Å²) < 4.78 is 74.5. The maximum Gasteiger partial charge on any atom is 0.305 e. The van der Waals surface area contributed by atoms with Crippen molar-refractivity contribution < 1.29 is 61.1 Å². The summed E-state index contributed by atoms with van der Waals surface area (Å²) in [5.41, 5.74) is 2.17. The number of aliphatic hydroxyl groups excluding tert-OH is 1. The zero-order valence-electron chi connectivity index (χ0n) is 48.3. The molecule has 17 atom stereocenters. The number of esters is 1. The molecule has 6 rings (SSSR count). The van der Waals surface area contributed by atoms with Gasteiger partial charge in [-0.3, -0.25) is 4.79 Å². The molecule has 74 heavy (non-hydrogen) atoms. The maximum atomic E-state index is 13.1. The molecule has 0 spiro atoms. The molecule has 16 heteroatoms. The Morgan fingerprint density at radius 1 is 0.757 bits per heavy atom. The van der Waals surface area contributed by atoms with Crippen molar-refractivity contribution in [1.29, 1.82) is 0 Å². The van der Waals surface area contributed by atoms with E-state index in [1.54, 1.807) is 7.11 Å². The lowest BCUT2D eigenvalue weighted by Gasteiger charge is -2.47. The van der Waals surface area contributed by atoms with Gasteiger partial charge < -0.3 is 56.3 Å². The highest BCUT2D eigenvalue weighted by atomic mass is 28.4. The molecule has 0 amide bonds. The molecule has 1 N–H and O–H groups in total. The van der Waals surface area contributed by atoms with E-state index in [0.29, 0.717) is 45.1 Å². The summed E-state index contributed by atoms with van der Waals surface area (Å²) in [5, 5.41) is 11.4. The van der Waals surface area contributed by atoms with Gasteiger partial charge >= 0.3 is 5.97 Å². The van der Waals surface area contributed by atoms with Crippen molar-refractivity contribution in [2.45, 2.75) is 292 Å². The van der Waals surface area contributed by atoms with Crippen LogP contribution in [0.2, 0.25) is 54.4 Å². The van der Waals surface area contributed by atoms with Gasteiger partial charge in [-0.05, 0) is 110 Å². The first-order valence-corrected chi connectivity index (χ1v) is 37.2. The Morgan fingerprint density at radius 2 is 1.41 bits per heavy atom. The Balaban J connectivity index is 1.09. The number of methoxy groups -OCH3 is 2. The minimum Gasteiger partial charge on any atom is -0.469 e. The average Bonchev–Trinajstić information content (AvgIpc) is 4.02. The van der Waals surface area contributed by atoms with Crippen LogP contribution in [0.5, 0.6) is 0 Å². The second-order valence-corrected chi connectivity index (χ2v) is 37.5. The van der Waals surface area contributed by atoms with Gasteiger partial charge in [-0.15, -0.1) is 6.58 Å². The third-order valence-corrected chi connectivity index (χ3v) is 33.5. The third-order valence-electron chi connectivity index (χ3n) is 19.5.